The maximum atomic E-state index is 13.1. The van der Waals surface area contributed by atoms with Crippen molar-refractivity contribution in [3.8, 4) is 0 Å². The Kier molecular flexibility index (Phi) is 9.12. The number of benzene rings is 1. The van der Waals surface area contributed by atoms with Gasteiger partial charge in [-0.3, -0.25) is 4.79 Å². The number of nitrogens with one attached hydrogen (secondary N) is 1. The summed E-state index contributed by atoms with van der Waals surface area (Å²) in [6.07, 6.45) is -4.56. The van der Waals surface area contributed by atoms with Gasteiger partial charge in [0.15, 0.2) is 6.79 Å². The van der Waals surface area contributed by atoms with Gasteiger partial charge in [-0.1, -0.05) is 12.1 Å². The second-order valence-corrected chi connectivity index (χ2v) is 7.17. The van der Waals surface area contributed by atoms with Crippen LogP contribution in [0.25, 0.3) is 0 Å². The molecule has 0 aromatic heterocycles. The van der Waals surface area contributed by atoms with E-state index in [1.807, 2.05) is 0 Å². The van der Waals surface area contributed by atoms with E-state index < -0.39 is 42.3 Å². The maximum absolute atomic E-state index is 13.1. The first kappa shape index (κ1) is 25.2. The van der Waals surface area contributed by atoms with Crippen LogP contribution in [0.1, 0.15) is 36.4 Å². The number of amides is 3. The molecule has 0 radical (unpaired) electrons. The normalized spacial score (nSPS) is 15.1. The third-order valence-electron chi connectivity index (χ3n) is 4.90. The molecule has 1 aliphatic heterocycles. The van der Waals surface area contributed by atoms with E-state index in [0.29, 0.717) is 32.5 Å². The summed E-state index contributed by atoms with van der Waals surface area (Å²) in [6.45, 7) is 1.08. The average molecular weight is 461 g/mol. The molecule has 1 saturated heterocycles. The molecule has 0 saturated carbocycles. The fourth-order valence-corrected chi connectivity index (χ4v) is 3.38. The molecule has 1 aromatic carbocycles. The van der Waals surface area contributed by atoms with E-state index in [4.69, 9.17) is 0 Å². The van der Waals surface area contributed by atoms with Crippen molar-refractivity contribution in [2.24, 2.45) is 0 Å². The molecule has 32 heavy (non-hydrogen) atoms. The fourth-order valence-electron chi connectivity index (χ4n) is 3.38. The number of rotatable bonds is 11. The second-order valence-electron chi connectivity index (χ2n) is 7.17. The van der Waals surface area contributed by atoms with Gasteiger partial charge in [-0.15, -0.1) is 0 Å². The van der Waals surface area contributed by atoms with Crippen molar-refractivity contribution in [2.45, 2.75) is 31.5 Å². The summed E-state index contributed by atoms with van der Waals surface area (Å²) in [5, 5.41) is 11.8. The van der Waals surface area contributed by atoms with Gasteiger partial charge in [-0.05, 0) is 30.5 Å². The first-order chi connectivity index (χ1) is 15.1. The van der Waals surface area contributed by atoms with Gasteiger partial charge in [0.2, 0.25) is 0 Å². The van der Waals surface area contributed by atoms with Gasteiger partial charge < -0.3 is 29.7 Å². The highest BCUT2D eigenvalue weighted by molar-refractivity contribution is 5.78. The van der Waals surface area contributed by atoms with Crippen molar-refractivity contribution in [2.75, 3.05) is 40.1 Å². The Bertz CT molecular complexity index is 805. The van der Waals surface area contributed by atoms with E-state index in [1.54, 1.807) is 0 Å². The zero-order chi connectivity index (χ0) is 23.7. The van der Waals surface area contributed by atoms with Crippen LogP contribution in [0, 0.1) is 0 Å². The number of carbonyl (C=O) groups is 3. The van der Waals surface area contributed by atoms with Crippen LogP contribution in [-0.4, -0.2) is 73.1 Å². The summed E-state index contributed by atoms with van der Waals surface area (Å²) in [4.78, 5) is 38.3. The molecular formula is C20H26F3N3O6. The molecule has 1 aromatic rings. The van der Waals surface area contributed by atoms with Gasteiger partial charge >= 0.3 is 24.3 Å². The number of ether oxygens (including phenoxy) is 2. The Balaban J connectivity index is 1.95. The number of alkyl halides is 3. The minimum atomic E-state index is -4.57. The predicted molar refractivity (Wildman–Crippen MR) is 106 cm³/mol. The number of hydrogen-bond acceptors (Lipinski definition) is 5. The Morgan fingerprint density at radius 1 is 1.25 bits per heavy atom. The van der Waals surface area contributed by atoms with Crippen molar-refractivity contribution in [1.29, 1.82) is 0 Å². The highest BCUT2D eigenvalue weighted by Gasteiger charge is 2.37. The van der Waals surface area contributed by atoms with E-state index in [1.165, 1.54) is 29.0 Å². The molecule has 1 fully saturated rings. The van der Waals surface area contributed by atoms with Gasteiger partial charge in [-0.2, -0.15) is 13.2 Å². The smallest absolute Gasteiger partial charge is 0.416 e. The predicted octanol–water partition coefficient (Wildman–Crippen LogP) is 3.07. The van der Waals surface area contributed by atoms with Crippen molar-refractivity contribution in [3.63, 3.8) is 0 Å². The molecule has 1 unspecified atom stereocenters. The lowest BCUT2D eigenvalue weighted by Gasteiger charge is -2.28. The number of carbonyl (C=O) groups excluding carboxylic acids is 2. The Morgan fingerprint density at radius 2 is 2.00 bits per heavy atom. The molecule has 3 amide bonds. The monoisotopic (exact) mass is 461 g/mol. The lowest BCUT2D eigenvalue weighted by Crippen LogP contribution is -2.36. The van der Waals surface area contributed by atoms with Crippen LogP contribution in [0.3, 0.4) is 0 Å². The number of carboxylic acids is 1. The molecule has 178 valence electrons. The Hall–Kier alpha value is -3.02. The summed E-state index contributed by atoms with van der Waals surface area (Å²) >= 11 is 0. The molecule has 1 aliphatic rings. The molecule has 0 spiro atoms. The number of carboxylic acid groups (broad SMARTS) is 1. The second kappa shape index (κ2) is 11.6. The van der Waals surface area contributed by atoms with Gasteiger partial charge in [0.05, 0.1) is 18.0 Å². The van der Waals surface area contributed by atoms with Gasteiger partial charge in [0.25, 0.3) is 0 Å². The molecule has 12 heteroatoms. The zero-order valence-electron chi connectivity index (χ0n) is 17.6. The largest absolute Gasteiger partial charge is 0.481 e. The maximum Gasteiger partial charge on any atom is 0.416 e. The van der Waals surface area contributed by atoms with Crippen LogP contribution >= 0.6 is 0 Å². The zero-order valence-corrected chi connectivity index (χ0v) is 17.6. The van der Waals surface area contributed by atoms with Gasteiger partial charge in [0, 0.05) is 33.3 Å². The number of hydrogen-bond donors (Lipinski definition) is 2. The molecule has 0 aliphatic carbocycles. The topological polar surface area (TPSA) is 108 Å². The molecule has 2 N–H and O–H groups in total. The first-order valence-electron chi connectivity index (χ1n) is 9.97. The molecule has 0 bridgehead atoms. The molecule has 2 rings (SSSR count). The summed E-state index contributed by atoms with van der Waals surface area (Å²) in [7, 11) is 1.39. The van der Waals surface area contributed by atoms with E-state index >= 15 is 0 Å². The van der Waals surface area contributed by atoms with Crippen molar-refractivity contribution in [3.05, 3.63) is 35.4 Å². The Labute approximate surface area is 183 Å². The number of halogens is 3. The average Bonchev–Trinajstić information content (AvgIpc) is 3.09. The summed E-state index contributed by atoms with van der Waals surface area (Å²) in [5.74, 6) is -1.22. The van der Waals surface area contributed by atoms with Crippen LogP contribution in [-0.2, 0) is 20.4 Å². The number of urea groups is 1. The van der Waals surface area contributed by atoms with E-state index in [-0.39, 0.29) is 18.9 Å². The van der Waals surface area contributed by atoms with Crippen LogP contribution in [0.4, 0.5) is 22.8 Å². The summed E-state index contributed by atoms with van der Waals surface area (Å²) in [6, 6.07) is 2.95. The molecule has 1 heterocycles. The van der Waals surface area contributed by atoms with E-state index in [0.717, 1.165) is 12.1 Å². The number of unbranched alkanes of at least 4 members (excludes halogenated alkanes) is 1. The number of methoxy groups -OCH3 is 1. The molecule has 9 nitrogen and oxygen atoms in total. The SMILES string of the molecule is COCOC(=O)NCCCCN1CCN(C(CC(=O)O)c2cccc(C(F)(F)F)c2)C1=O. The highest BCUT2D eigenvalue weighted by atomic mass is 19.4. The minimum Gasteiger partial charge on any atom is -0.481 e. The minimum absolute atomic E-state index is 0.121. The Morgan fingerprint density at radius 3 is 2.66 bits per heavy atom. The summed E-state index contributed by atoms with van der Waals surface area (Å²) in [5.41, 5.74) is -0.776. The lowest BCUT2D eigenvalue weighted by molar-refractivity contribution is -0.138. The lowest BCUT2D eigenvalue weighted by atomic mass is 10.00. The van der Waals surface area contributed by atoms with E-state index in [9.17, 15) is 32.7 Å². The van der Waals surface area contributed by atoms with Gasteiger partial charge in [0.1, 0.15) is 0 Å². The summed E-state index contributed by atoms with van der Waals surface area (Å²) < 4.78 is 48.5. The number of alkyl carbamates (subject to hydrolysis) is 1. The number of aliphatic carboxylic acids is 1. The van der Waals surface area contributed by atoms with Crippen LogP contribution in [0.5, 0.6) is 0 Å². The fraction of sp³-hybridized carbons (Fsp3) is 0.550. The molecule has 1 atom stereocenters. The first-order valence-corrected chi connectivity index (χ1v) is 9.97. The van der Waals surface area contributed by atoms with Crippen molar-refractivity contribution >= 4 is 18.1 Å². The van der Waals surface area contributed by atoms with Crippen molar-refractivity contribution in [1.82, 2.24) is 15.1 Å². The molecular weight excluding hydrogens is 435 g/mol. The third kappa shape index (κ3) is 7.29. The van der Waals surface area contributed by atoms with Crippen LogP contribution in [0.15, 0.2) is 24.3 Å². The quantitative estimate of drug-likeness (QED) is 0.387. The standard InChI is InChI=1S/C20H26F3N3O6/c1-31-13-32-18(29)24-7-2-3-8-25-9-10-26(19(25)30)16(12-17(27)28)14-5-4-6-15(11-14)20(21,22)23/h4-6,11,16H,2-3,7-10,12-13H2,1H3,(H,24,29)(H,27,28). The van der Waals surface area contributed by atoms with E-state index in [2.05, 4.69) is 14.8 Å². The third-order valence-corrected chi connectivity index (χ3v) is 4.90. The van der Waals surface area contributed by atoms with Crippen LogP contribution < -0.4 is 5.32 Å². The highest BCUT2D eigenvalue weighted by Crippen LogP contribution is 2.34. The van der Waals surface area contributed by atoms with Gasteiger partial charge in [-0.25, -0.2) is 9.59 Å². The number of nitrogens with zero attached hydrogens (tertiary/aromatic N) is 2. The van der Waals surface area contributed by atoms with Crippen LogP contribution in [0.2, 0.25) is 0 Å². The van der Waals surface area contributed by atoms with Crippen molar-refractivity contribution < 1.29 is 42.1 Å².